The van der Waals surface area contributed by atoms with Gasteiger partial charge in [0.15, 0.2) is 5.52 Å². The largest absolute Gasteiger partial charge is 0.371 e. The van der Waals surface area contributed by atoms with Gasteiger partial charge in [0, 0.05) is 0 Å². The van der Waals surface area contributed by atoms with E-state index in [1.807, 2.05) is 5.16 Å². The predicted molar refractivity (Wildman–Crippen MR) is 35.3 cm³/mol. The van der Waals surface area contributed by atoms with E-state index in [0.29, 0.717) is 0 Å². The molecule has 2 N–H and O–H groups in total. The van der Waals surface area contributed by atoms with Crippen molar-refractivity contribution in [3.63, 3.8) is 0 Å². The Balaban J connectivity index is 3.19. The van der Waals surface area contributed by atoms with Crippen molar-refractivity contribution in [3.05, 3.63) is 27.0 Å². The van der Waals surface area contributed by atoms with Crippen LogP contribution in [-0.2, 0) is 0 Å². The molecule has 0 bridgehead atoms. The molecule has 2 aromatic rings. The van der Waals surface area contributed by atoms with E-state index in [4.69, 9.17) is 0 Å². The number of aromatic nitrogens is 3. The highest BCUT2D eigenvalue weighted by Gasteiger charge is 2.06. The first-order chi connectivity index (χ1) is 5.29. The fraction of sp³-hybridized carbons (Fsp3) is 0. The summed E-state index contributed by atoms with van der Waals surface area (Å²) >= 11 is 0. The van der Waals surface area contributed by atoms with E-state index in [9.17, 15) is 9.59 Å². The molecule has 0 spiro atoms. The SMILES string of the molecule is O=c1[nH]oc2c(=O)[nH]cnc12. The van der Waals surface area contributed by atoms with Gasteiger partial charge in [-0.2, -0.15) is 5.16 Å². The number of H-pyrrole nitrogens is 2. The molecule has 0 aromatic carbocycles. The Morgan fingerprint density at radius 1 is 1.36 bits per heavy atom. The third-order valence-electron chi connectivity index (χ3n) is 1.27. The van der Waals surface area contributed by atoms with Crippen LogP contribution < -0.4 is 11.1 Å². The van der Waals surface area contributed by atoms with Gasteiger partial charge in [-0.05, 0) is 0 Å². The van der Waals surface area contributed by atoms with Crippen molar-refractivity contribution in [2.75, 3.05) is 0 Å². The van der Waals surface area contributed by atoms with Crippen molar-refractivity contribution in [1.29, 1.82) is 0 Å². The zero-order valence-electron chi connectivity index (χ0n) is 5.25. The standard InChI is InChI=1S/C5H3N3O3/c9-4-2-3(11-8-4)5(10)7-1-6-2/h1H,(H,8,9)(H,6,7,10). The Kier molecular flexibility index (Phi) is 0.974. The molecule has 11 heavy (non-hydrogen) atoms. The van der Waals surface area contributed by atoms with E-state index in [2.05, 4.69) is 14.5 Å². The highest BCUT2D eigenvalue weighted by atomic mass is 16.5. The maximum absolute atomic E-state index is 10.8. The molecule has 2 heterocycles. The number of nitrogens with one attached hydrogen (secondary N) is 2. The molecule has 0 amide bonds. The number of fused-ring (bicyclic) bond motifs is 1. The summed E-state index contributed by atoms with van der Waals surface area (Å²) in [7, 11) is 0. The Bertz CT molecular complexity index is 491. The minimum absolute atomic E-state index is 0.0220. The molecule has 2 aromatic heterocycles. The molecule has 0 saturated heterocycles. The van der Waals surface area contributed by atoms with Gasteiger partial charge in [0.1, 0.15) is 0 Å². The maximum Gasteiger partial charge on any atom is 0.306 e. The van der Waals surface area contributed by atoms with Gasteiger partial charge in [0.25, 0.3) is 11.1 Å². The van der Waals surface area contributed by atoms with Crippen LogP contribution in [0.25, 0.3) is 11.1 Å². The van der Waals surface area contributed by atoms with E-state index >= 15 is 0 Å². The first-order valence-corrected chi connectivity index (χ1v) is 2.84. The molecule has 0 aliphatic heterocycles. The normalized spacial score (nSPS) is 10.5. The van der Waals surface area contributed by atoms with E-state index in [1.54, 1.807) is 0 Å². The monoisotopic (exact) mass is 153 g/mol. The van der Waals surface area contributed by atoms with Gasteiger partial charge in [-0.25, -0.2) is 4.98 Å². The number of rotatable bonds is 0. The predicted octanol–water partition coefficient (Wildman–Crippen LogP) is -0.796. The number of aromatic amines is 2. The van der Waals surface area contributed by atoms with Crippen LogP contribution in [0, 0.1) is 0 Å². The summed E-state index contributed by atoms with van der Waals surface area (Å²) in [4.78, 5) is 27.5. The van der Waals surface area contributed by atoms with E-state index in [-0.39, 0.29) is 11.1 Å². The van der Waals surface area contributed by atoms with Crippen molar-refractivity contribution in [1.82, 2.24) is 15.1 Å². The molecule has 0 aliphatic rings. The van der Waals surface area contributed by atoms with Gasteiger partial charge in [-0.1, -0.05) is 0 Å². The van der Waals surface area contributed by atoms with Crippen molar-refractivity contribution in [2.24, 2.45) is 0 Å². The Morgan fingerprint density at radius 3 is 2.91 bits per heavy atom. The smallest absolute Gasteiger partial charge is 0.306 e. The van der Waals surface area contributed by atoms with Gasteiger partial charge in [0.2, 0.25) is 0 Å². The summed E-state index contributed by atoms with van der Waals surface area (Å²) in [6.07, 6.45) is 1.15. The van der Waals surface area contributed by atoms with Crippen molar-refractivity contribution in [3.8, 4) is 0 Å². The first kappa shape index (κ1) is 5.90. The Hall–Kier alpha value is -1.85. The van der Waals surface area contributed by atoms with Crippen molar-refractivity contribution in [2.45, 2.75) is 0 Å². The van der Waals surface area contributed by atoms with Gasteiger partial charge >= 0.3 is 5.56 Å². The zero-order chi connectivity index (χ0) is 7.84. The van der Waals surface area contributed by atoms with Crippen molar-refractivity contribution < 1.29 is 4.52 Å². The van der Waals surface area contributed by atoms with Crippen LogP contribution in [0.15, 0.2) is 20.4 Å². The van der Waals surface area contributed by atoms with Gasteiger partial charge in [-0.15, -0.1) is 0 Å². The van der Waals surface area contributed by atoms with Crippen LogP contribution in [0.1, 0.15) is 0 Å². The average molecular weight is 153 g/mol. The average Bonchev–Trinajstić information content (AvgIpc) is 2.35. The fourth-order valence-electron chi connectivity index (χ4n) is 0.789. The highest BCUT2D eigenvalue weighted by Crippen LogP contribution is 1.94. The lowest BCUT2D eigenvalue weighted by Crippen LogP contribution is -2.07. The summed E-state index contributed by atoms with van der Waals surface area (Å²) in [5, 5.41) is 2.00. The topological polar surface area (TPSA) is 91.8 Å². The van der Waals surface area contributed by atoms with Crippen molar-refractivity contribution >= 4 is 11.1 Å². The highest BCUT2D eigenvalue weighted by molar-refractivity contribution is 5.68. The summed E-state index contributed by atoms with van der Waals surface area (Å²) < 4.78 is 4.54. The van der Waals surface area contributed by atoms with Crippen LogP contribution in [0.2, 0.25) is 0 Å². The zero-order valence-corrected chi connectivity index (χ0v) is 5.25. The fourth-order valence-corrected chi connectivity index (χ4v) is 0.789. The van der Waals surface area contributed by atoms with Gasteiger partial charge < -0.3 is 9.51 Å². The molecule has 0 aliphatic carbocycles. The Labute approximate surface area is 58.8 Å². The molecule has 0 saturated carbocycles. The minimum Gasteiger partial charge on any atom is -0.371 e. The second kappa shape index (κ2) is 1.82. The molecular weight excluding hydrogens is 150 g/mol. The summed E-state index contributed by atoms with van der Waals surface area (Å²) in [6.45, 7) is 0. The molecule has 0 radical (unpaired) electrons. The minimum atomic E-state index is -0.494. The van der Waals surface area contributed by atoms with Crippen LogP contribution in [0.4, 0.5) is 0 Å². The van der Waals surface area contributed by atoms with Crippen LogP contribution in [0.5, 0.6) is 0 Å². The lowest BCUT2D eigenvalue weighted by molar-refractivity contribution is 0.446. The Morgan fingerprint density at radius 2 is 2.18 bits per heavy atom. The van der Waals surface area contributed by atoms with E-state index in [1.165, 1.54) is 0 Å². The molecule has 0 unspecified atom stereocenters. The molecule has 6 heteroatoms. The van der Waals surface area contributed by atoms with Crippen LogP contribution in [-0.4, -0.2) is 15.1 Å². The van der Waals surface area contributed by atoms with E-state index in [0.717, 1.165) is 6.33 Å². The lowest BCUT2D eigenvalue weighted by Gasteiger charge is -1.79. The first-order valence-electron chi connectivity index (χ1n) is 2.84. The molecular formula is C5H3N3O3. The summed E-state index contributed by atoms with van der Waals surface area (Å²) in [5.74, 6) is 0. The molecule has 56 valence electrons. The molecule has 2 rings (SSSR count). The summed E-state index contributed by atoms with van der Waals surface area (Å²) in [5.41, 5.74) is -1.01. The number of hydrogen-bond acceptors (Lipinski definition) is 4. The number of nitrogens with zero attached hydrogens (tertiary/aromatic N) is 1. The quantitative estimate of drug-likeness (QED) is 0.518. The third kappa shape index (κ3) is 0.689. The van der Waals surface area contributed by atoms with Gasteiger partial charge in [0.05, 0.1) is 6.33 Å². The maximum atomic E-state index is 10.8. The number of hydrogen-bond donors (Lipinski definition) is 2. The lowest BCUT2D eigenvalue weighted by atomic mass is 10.5. The third-order valence-corrected chi connectivity index (χ3v) is 1.27. The molecule has 0 fully saturated rings. The molecule has 6 nitrogen and oxygen atoms in total. The second-order valence-electron chi connectivity index (χ2n) is 1.94. The molecule has 0 atom stereocenters. The van der Waals surface area contributed by atoms with E-state index < -0.39 is 11.1 Å². The van der Waals surface area contributed by atoms with Crippen LogP contribution in [0.3, 0.4) is 0 Å². The summed E-state index contributed by atoms with van der Waals surface area (Å²) in [6, 6.07) is 0. The second-order valence-corrected chi connectivity index (χ2v) is 1.94. The van der Waals surface area contributed by atoms with Crippen LogP contribution >= 0.6 is 0 Å². The van der Waals surface area contributed by atoms with Gasteiger partial charge in [-0.3, -0.25) is 9.59 Å².